The number of hydrogen-bond acceptors (Lipinski definition) is 3. The van der Waals surface area contributed by atoms with Crippen LogP contribution >= 0.6 is 0 Å². The monoisotopic (exact) mass is 216 g/mol. The second kappa shape index (κ2) is 4.61. The molecule has 0 aliphatic heterocycles. The number of esters is 1. The highest BCUT2D eigenvalue weighted by Gasteiger charge is 2.23. The van der Waals surface area contributed by atoms with Crippen LogP contribution in [0.5, 0.6) is 0 Å². The summed E-state index contributed by atoms with van der Waals surface area (Å²) in [7, 11) is 1.38. The predicted octanol–water partition coefficient (Wildman–Crippen LogP) is 1.65. The topological polar surface area (TPSA) is 44.1 Å². The van der Waals surface area contributed by atoms with Crippen molar-refractivity contribution in [3.63, 3.8) is 0 Å². The van der Waals surface area contributed by atoms with Gasteiger partial charge in [-0.3, -0.25) is 4.68 Å². The van der Waals surface area contributed by atoms with Crippen molar-refractivity contribution in [1.82, 2.24) is 9.78 Å². The Morgan fingerprint density at radius 2 is 2.06 bits per heavy atom. The van der Waals surface area contributed by atoms with Gasteiger partial charge < -0.3 is 4.74 Å². The van der Waals surface area contributed by atoms with Crippen molar-refractivity contribution in [1.29, 1.82) is 0 Å². The second-order valence-electron chi connectivity index (χ2n) is 3.32. The summed E-state index contributed by atoms with van der Waals surface area (Å²) in [6.07, 6.45) is 3.38. The molecular weight excluding hydrogens is 204 g/mol. The normalized spacial score (nSPS) is 12.1. The van der Waals surface area contributed by atoms with E-state index in [0.717, 1.165) is 5.56 Å². The Balaban J connectivity index is 2.40. The summed E-state index contributed by atoms with van der Waals surface area (Å²) < 4.78 is 6.38. The Bertz CT molecular complexity index is 451. The summed E-state index contributed by atoms with van der Waals surface area (Å²) in [5, 5.41) is 4.08. The van der Waals surface area contributed by atoms with Gasteiger partial charge in [-0.2, -0.15) is 5.10 Å². The van der Waals surface area contributed by atoms with E-state index >= 15 is 0 Å². The van der Waals surface area contributed by atoms with E-state index < -0.39 is 6.04 Å². The van der Waals surface area contributed by atoms with Gasteiger partial charge in [0.15, 0.2) is 6.04 Å². The van der Waals surface area contributed by atoms with Gasteiger partial charge in [0.05, 0.1) is 7.11 Å². The predicted molar refractivity (Wildman–Crippen MR) is 58.8 cm³/mol. The Labute approximate surface area is 93.5 Å². The number of methoxy groups -OCH3 is 1. The van der Waals surface area contributed by atoms with Crippen LogP contribution in [0.25, 0.3) is 0 Å². The molecule has 4 heteroatoms. The minimum absolute atomic E-state index is 0.324. The summed E-state index contributed by atoms with van der Waals surface area (Å²) in [6, 6.07) is 10.7. The van der Waals surface area contributed by atoms with Crippen molar-refractivity contribution in [3.05, 3.63) is 54.4 Å². The Morgan fingerprint density at radius 3 is 2.62 bits per heavy atom. The van der Waals surface area contributed by atoms with E-state index in [1.54, 1.807) is 23.1 Å². The molecule has 0 spiro atoms. The summed E-state index contributed by atoms with van der Waals surface area (Å²) in [4.78, 5) is 11.7. The molecule has 1 heterocycles. The van der Waals surface area contributed by atoms with Gasteiger partial charge in [-0.05, 0) is 11.6 Å². The first-order valence-electron chi connectivity index (χ1n) is 4.95. The van der Waals surface area contributed by atoms with Crippen LogP contribution in [0.4, 0.5) is 0 Å². The van der Waals surface area contributed by atoms with E-state index in [1.807, 2.05) is 30.3 Å². The number of carbonyl (C=O) groups is 1. The Kier molecular flexibility index (Phi) is 3.00. The summed E-state index contributed by atoms with van der Waals surface area (Å²) in [5.41, 5.74) is 0.859. The smallest absolute Gasteiger partial charge is 0.335 e. The zero-order valence-corrected chi connectivity index (χ0v) is 8.91. The van der Waals surface area contributed by atoms with Gasteiger partial charge >= 0.3 is 5.97 Å². The van der Waals surface area contributed by atoms with Gasteiger partial charge in [0.25, 0.3) is 0 Å². The third-order valence-corrected chi connectivity index (χ3v) is 2.33. The molecule has 0 saturated heterocycles. The average Bonchev–Trinajstić information content (AvgIpc) is 2.84. The van der Waals surface area contributed by atoms with E-state index in [4.69, 9.17) is 4.74 Å². The molecule has 1 atom stereocenters. The Morgan fingerprint density at radius 1 is 1.31 bits per heavy atom. The van der Waals surface area contributed by atoms with Gasteiger partial charge in [-0.1, -0.05) is 30.3 Å². The number of ether oxygens (including phenoxy) is 1. The lowest BCUT2D eigenvalue weighted by Crippen LogP contribution is -2.22. The standard InChI is InChI=1S/C12H12N2O2/c1-16-12(15)11(14-9-5-8-13-14)10-6-3-2-4-7-10/h2-9,11H,1H3. The van der Waals surface area contributed by atoms with Crippen molar-refractivity contribution in [2.45, 2.75) is 6.04 Å². The van der Waals surface area contributed by atoms with Gasteiger partial charge in [-0.15, -0.1) is 0 Å². The third kappa shape index (κ3) is 1.95. The molecule has 1 aromatic heterocycles. The van der Waals surface area contributed by atoms with E-state index in [-0.39, 0.29) is 5.97 Å². The van der Waals surface area contributed by atoms with E-state index in [1.165, 1.54) is 7.11 Å². The van der Waals surface area contributed by atoms with Crippen LogP contribution < -0.4 is 0 Å². The van der Waals surface area contributed by atoms with Gasteiger partial charge in [0.1, 0.15) is 0 Å². The van der Waals surface area contributed by atoms with E-state index in [9.17, 15) is 4.79 Å². The fourth-order valence-electron chi connectivity index (χ4n) is 1.58. The molecule has 82 valence electrons. The highest BCUT2D eigenvalue weighted by molar-refractivity contribution is 5.77. The zero-order valence-electron chi connectivity index (χ0n) is 8.91. The number of nitrogens with zero attached hydrogens (tertiary/aromatic N) is 2. The van der Waals surface area contributed by atoms with Crippen molar-refractivity contribution in [2.75, 3.05) is 7.11 Å². The number of benzene rings is 1. The number of carbonyl (C=O) groups excluding carboxylic acids is 1. The third-order valence-electron chi connectivity index (χ3n) is 2.33. The largest absolute Gasteiger partial charge is 0.467 e. The Hall–Kier alpha value is -2.10. The highest BCUT2D eigenvalue weighted by atomic mass is 16.5. The highest BCUT2D eigenvalue weighted by Crippen LogP contribution is 2.18. The lowest BCUT2D eigenvalue weighted by molar-refractivity contribution is -0.143. The molecule has 16 heavy (non-hydrogen) atoms. The maximum absolute atomic E-state index is 11.7. The second-order valence-corrected chi connectivity index (χ2v) is 3.32. The number of rotatable bonds is 3. The van der Waals surface area contributed by atoms with Crippen molar-refractivity contribution < 1.29 is 9.53 Å². The molecule has 1 unspecified atom stereocenters. The minimum Gasteiger partial charge on any atom is -0.467 e. The van der Waals surface area contributed by atoms with Crippen LogP contribution in [0.2, 0.25) is 0 Å². The number of hydrogen-bond donors (Lipinski definition) is 0. The molecule has 0 fully saturated rings. The van der Waals surface area contributed by atoms with Crippen LogP contribution in [-0.2, 0) is 9.53 Å². The van der Waals surface area contributed by atoms with E-state index in [0.29, 0.717) is 0 Å². The molecule has 0 saturated carbocycles. The van der Waals surface area contributed by atoms with Crippen LogP contribution in [-0.4, -0.2) is 22.9 Å². The lowest BCUT2D eigenvalue weighted by Gasteiger charge is -2.15. The molecule has 2 aromatic rings. The van der Waals surface area contributed by atoms with Crippen LogP contribution in [0.1, 0.15) is 11.6 Å². The van der Waals surface area contributed by atoms with Gasteiger partial charge in [0.2, 0.25) is 0 Å². The lowest BCUT2D eigenvalue weighted by atomic mass is 10.1. The van der Waals surface area contributed by atoms with Crippen LogP contribution in [0, 0.1) is 0 Å². The van der Waals surface area contributed by atoms with Crippen LogP contribution in [0.3, 0.4) is 0 Å². The van der Waals surface area contributed by atoms with Crippen molar-refractivity contribution in [2.24, 2.45) is 0 Å². The molecule has 0 N–H and O–H groups in total. The maximum atomic E-state index is 11.7. The summed E-state index contributed by atoms with van der Waals surface area (Å²) >= 11 is 0. The first-order valence-corrected chi connectivity index (χ1v) is 4.95. The van der Waals surface area contributed by atoms with Crippen molar-refractivity contribution in [3.8, 4) is 0 Å². The fraction of sp³-hybridized carbons (Fsp3) is 0.167. The first-order chi connectivity index (χ1) is 7.83. The number of aromatic nitrogens is 2. The zero-order chi connectivity index (χ0) is 11.4. The minimum atomic E-state index is -0.513. The molecule has 2 rings (SSSR count). The first kappa shape index (κ1) is 10.4. The summed E-state index contributed by atoms with van der Waals surface area (Å²) in [5.74, 6) is -0.324. The summed E-state index contributed by atoms with van der Waals surface area (Å²) in [6.45, 7) is 0. The quantitative estimate of drug-likeness (QED) is 0.733. The van der Waals surface area contributed by atoms with Gasteiger partial charge in [-0.25, -0.2) is 4.79 Å². The van der Waals surface area contributed by atoms with Crippen LogP contribution in [0.15, 0.2) is 48.8 Å². The molecular formula is C12H12N2O2. The average molecular weight is 216 g/mol. The molecule has 0 radical (unpaired) electrons. The molecule has 0 bridgehead atoms. The van der Waals surface area contributed by atoms with Gasteiger partial charge in [0, 0.05) is 12.4 Å². The molecule has 1 aromatic carbocycles. The fourth-order valence-corrected chi connectivity index (χ4v) is 1.58. The molecule has 4 nitrogen and oxygen atoms in total. The van der Waals surface area contributed by atoms with Crippen molar-refractivity contribution >= 4 is 5.97 Å². The SMILES string of the molecule is COC(=O)C(c1ccccc1)n1cccn1. The molecule has 0 amide bonds. The molecule has 0 aliphatic rings. The molecule has 0 aliphatic carbocycles. The van der Waals surface area contributed by atoms with E-state index in [2.05, 4.69) is 5.10 Å². The maximum Gasteiger partial charge on any atom is 0.335 e.